The Hall–Kier alpha value is -1.66. The molecule has 0 aromatic carbocycles. The molecule has 94 valence electrons. The molecule has 1 aromatic rings. The van der Waals surface area contributed by atoms with E-state index in [-0.39, 0.29) is 5.91 Å². The lowest BCUT2D eigenvalue weighted by molar-refractivity contribution is 0.0763. The number of nitrogens with one attached hydrogen (secondary N) is 1. The van der Waals surface area contributed by atoms with Crippen LogP contribution in [0.2, 0.25) is 0 Å². The Morgan fingerprint density at radius 3 is 2.94 bits per heavy atom. The first kappa shape index (κ1) is 13.4. The van der Waals surface area contributed by atoms with Crippen molar-refractivity contribution in [2.24, 2.45) is 5.84 Å². The smallest absolute Gasteiger partial charge is 0.272 e. The van der Waals surface area contributed by atoms with E-state index in [1.807, 2.05) is 0 Å². The number of aromatic nitrogens is 1. The van der Waals surface area contributed by atoms with Gasteiger partial charge in [0.2, 0.25) is 0 Å². The van der Waals surface area contributed by atoms with Crippen LogP contribution >= 0.6 is 0 Å². The summed E-state index contributed by atoms with van der Waals surface area (Å²) in [5.41, 5.74) is 2.72. The number of aliphatic hydroxyl groups excluding tert-OH is 1. The van der Waals surface area contributed by atoms with Gasteiger partial charge in [-0.25, -0.2) is 10.8 Å². The number of anilines is 1. The predicted molar refractivity (Wildman–Crippen MR) is 65.3 cm³/mol. The number of aliphatic hydroxyl groups is 1. The molecule has 6 heteroatoms. The molecule has 1 heterocycles. The van der Waals surface area contributed by atoms with E-state index in [0.29, 0.717) is 24.5 Å². The molecule has 0 saturated heterocycles. The number of nitrogens with two attached hydrogens (primary N) is 1. The van der Waals surface area contributed by atoms with Crippen LogP contribution in [0.15, 0.2) is 18.2 Å². The van der Waals surface area contributed by atoms with Crippen molar-refractivity contribution in [2.45, 2.75) is 19.4 Å². The summed E-state index contributed by atoms with van der Waals surface area (Å²) in [5.74, 6) is 5.48. The topological polar surface area (TPSA) is 91.5 Å². The fourth-order valence-electron chi connectivity index (χ4n) is 1.31. The van der Waals surface area contributed by atoms with Crippen LogP contribution in [0.3, 0.4) is 0 Å². The second-order valence-corrected chi connectivity index (χ2v) is 3.92. The normalized spacial score (nSPS) is 12.0. The quantitative estimate of drug-likeness (QED) is 0.504. The molecule has 0 aliphatic heterocycles. The fourth-order valence-corrected chi connectivity index (χ4v) is 1.31. The van der Waals surface area contributed by atoms with Crippen molar-refractivity contribution >= 4 is 11.7 Å². The number of hydrazine groups is 1. The summed E-state index contributed by atoms with van der Waals surface area (Å²) >= 11 is 0. The SMILES string of the molecule is CC(O)CCN(C)C(=O)c1cccc(NN)n1. The molecule has 0 radical (unpaired) electrons. The lowest BCUT2D eigenvalue weighted by Crippen LogP contribution is -2.30. The molecule has 1 unspecified atom stereocenters. The Labute approximate surface area is 100 Å². The standard InChI is InChI=1S/C11H18N4O2/c1-8(16)6-7-15(2)11(17)9-4-3-5-10(13-9)14-12/h3-5,8,16H,6-7,12H2,1-2H3,(H,13,14). The average Bonchev–Trinajstić information content (AvgIpc) is 2.35. The summed E-state index contributed by atoms with van der Waals surface area (Å²) in [6.45, 7) is 2.17. The molecule has 0 bridgehead atoms. The Balaban J connectivity index is 2.67. The van der Waals surface area contributed by atoms with E-state index in [9.17, 15) is 4.79 Å². The number of nitrogens with zero attached hydrogens (tertiary/aromatic N) is 2. The van der Waals surface area contributed by atoms with Crippen molar-refractivity contribution in [1.29, 1.82) is 0 Å². The third kappa shape index (κ3) is 4.01. The van der Waals surface area contributed by atoms with Gasteiger partial charge in [0.25, 0.3) is 5.91 Å². The average molecular weight is 238 g/mol. The minimum atomic E-state index is -0.421. The maximum Gasteiger partial charge on any atom is 0.272 e. The van der Waals surface area contributed by atoms with Crippen molar-refractivity contribution < 1.29 is 9.90 Å². The van der Waals surface area contributed by atoms with Gasteiger partial charge in [0.05, 0.1) is 6.10 Å². The van der Waals surface area contributed by atoms with E-state index in [4.69, 9.17) is 10.9 Å². The Morgan fingerprint density at radius 1 is 1.65 bits per heavy atom. The summed E-state index contributed by atoms with van der Waals surface area (Å²) in [6.07, 6.45) is 0.118. The minimum absolute atomic E-state index is 0.192. The van der Waals surface area contributed by atoms with Crippen molar-refractivity contribution in [1.82, 2.24) is 9.88 Å². The number of pyridine rings is 1. The van der Waals surface area contributed by atoms with Crippen LogP contribution in [0, 0.1) is 0 Å². The highest BCUT2D eigenvalue weighted by Gasteiger charge is 2.13. The first-order valence-corrected chi connectivity index (χ1v) is 5.41. The Kier molecular flexibility index (Phi) is 4.86. The van der Waals surface area contributed by atoms with E-state index in [1.165, 1.54) is 4.90 Å². The highest BCUT2D eigenvalue weighted by molar-refractivity contribution is 5.92. The molecular formula is C11H18N4O2. The van der Waals surface area contributed by atoms with E-state index >= 15 is 0 Å². The number of nitrogen functional groups attached to an aromatic ring is 1. The molecule has 0 aliphatic carbocycles. The van der Waals surface area contributed by atoms with Gasteiger partial charge in [0, 0.05) is 13.6 Å². The summed E-state index contributed by atoms with van der Waals surface area (Å²) in [6, 6.07) is 5.01. The second kappa shape index (κ2) is 6.17. The van der Waals surface area contributed by atoms with Crippen LogP contribution < -0.4 is 11.3 Å². The van der Waals surface area contributed by atoms with Crippen molar-refractivity contribution in [3.63, 3.8) is 0 Å². The summed E-state index contributed by atoms with van der Waals surface area (Å²) in [4.78, 5) is 17.5. The minimum Gasteiger partial charge on any atom is -0.393 e. The van der Waals surface area contributed by atoms with Crippen molar-refractivity contribution in [3.05, 3.63) is 23.9 Å². The summed E-state index contributed by atoms with van der Waals surface area (Å²) in [7, 11) is 1.68. The predicted octanol–water partition coefficient (Wildman–Crippen LogP) is 0.210. The lowest BCUT2D eigenvalue weighted by atomic mass is 10.2. The van der Waals surface area contributed by atoms with Crippen LogP contribution in [-0.4, -0.2) is 40.6 Å². The molecule has 4 N–H and O–H groups in total. The van der Waals surface area contributed by atoms with Crippen molar-refractivity contribution in [3.8, 4) is 0 Å². The zero-order valence-corrected chi connectivity index (χ0v) is 10.1. The lowest BCUT2D eigenvalue weighted by Gasteiger charge is -2.17. The Morgan fingerprint density at radius 2 is 2.35 bits per heavy atom. The van der Waals surface area contributed by atoms with Gasteiger partial charge in [-0.2, -0.15) is 0 Å². The monoisotopic (exact) mass is 238 g/mol. The molecule has 1 aromatic heterocycles. The van der Waals surface area contributed by atoms with Crippen LogP contribution in [0.4, 0.5) is 5.82 Å². The fraction of sp³-hybridized carbons (Fsp3) is 0.455. The zero-order chi connectivity index (χ0) is 12.8. The first-order valence-electron chi connectivity index (χ1n) is 5.41. The molecule has 0 fully saturated rings. The molecule has 1 atom stereocenters. The first-order chi connectivity index (χ1) is 8.04. The van der Waals surface area contributed by atoms with Gasteiger partial charge >= 0.3 is 0 Å². The highest BCUT2D eigenvalue weighted by Crippen LogP contribution is 2.06. The number of amides is 1. The van der Waals surface area contributed by atoms with Gasteiger partial charge in [-0.15, -0.1) is 0 Å². The van der Waals surface area contributed by atoms with E-state index in [0.717, 1.165) is 0 Å². The van der Waals surface area contributed by atoms with Crippen LogP contribution in [0.1, 0.15) is 23.8 Å². The van der Waals surface area contributed by atoms with Crippen LogP contribution in [0.5, 0.6) is 0 Å². The molecule has 17 heavy (non-hydrogen) atoms. The van der Waals surface area contributed by atoms with Gasteiger partial charge in [-0.1, -0.05) is 6.07 Å². The maximum absolute atomic E-state index is 11.9. The third-order valence-corrected chi connectivity index (χ3v) is 2.35. The maximum atomic E-state index is 11.9. The van der Waals surface area contributed by atoms with Crippen LogP contribution in [0.25, 0.3) is 0 Å². The highest BCUT2D eigenvalue weighted by atomic mass is 16.3. The van der Waals surface area contributed by atoms with Gasteiger partial charge < -0.3 is 15.4 Å². The van der Waals surface area contributed by atoms with Gasteiger partial charge in [0.1, 0.15) is 11.5 Å². The molecule has 1 rings (SSSR count). The zero-order valence-electron chi connectivity index (χ0n) is 10.1. The molecule has 0 spiro atoms. The Bertz CT molecular complexity index is 381. The largest absolute Gasteiger partial charge is 0.393 e. The van der Waals surface area contributed by atoms with E-state index in [1.54, 1.807) is 32.2 Å². The number of hydrogen-bond acceptors (Lipinski definition) is 5. The number of rotatable bonds is 5. The van der Waals surface area contributed by atoms with Crippen molar-refractivity contribution in [2.75, 3.05) is 19.0 Å². The van der Waals surface area contributed by atoms with Gasteiger partial charge in [0.15, 0.2) is 0 Å². The third-order valence-electron chi connectivity index (χ3n) is 2.35. The van der Waals surface area contributed by atoms with Gasteiger partial charge in [-0.3, -0.25) is 4.79 Å². The summed E-state index contributed by atoms with van der Waals surface area (Å²) < 4.78 is 0. The molecular weight excluding hydrogens is 220 g/mol. The van der Waals surface area contributed by atoms with E-state index in [2.05, 4.69) is 10.4 Å². The number of carbonyl (C=O) groups is 1. The molecule has 6 nitrogen and oxygen atoms in total. The van der Waals surface area contributed by atoms with Crippen LogP contribution in [-0.2, 0) is 0 Å². The van der Waals surface area contributed by atoms with E-state index < -0.39 is 6.10 Å². The van der Waals surface area contributed by atoms with Gasteiger partial charge in [-0.05, 0) is 25.5 Å². The molecule has 1 amide bonds. The number of carbonyl (C=O) groups excluding carboxylic acids is 1. The second-order valence-electron chi connectivity index (χ2n) is 3.92. The number of hydrogen-bond donors (Lipinski definition) is 3. The molecule has 0 aliphatic rings. The summed E-state index contributed by atoms with van der Waals surface area (Å²) in [5, 5.41) is 9.16. The molecule has 0 saturated carbocycles.